The van der Waals surface area contributed by atoms with Gasteiger partial charge in [-0.05, 0) is 31.3 Å². The Morgan fingerprint density at radius 1 is 1.38 bits per heavy atom. The summed E-state index contributed by atoms with van der Waals surface area (Å²) in [5.74, 6) is -0.394. The van der Waals surface area contributed by atoms with E-state index in [1.54, 1.807) is 0 Å². The molecule has 0 bridgehead atoms. The maximum absolute atomic E-state index is 12.1. The molecule has 1 rings (SSSR count). The number of amidine groups is 1. The molecule has 9 heteroatoms. The molecular weight excluding hydrogens is 304 g/mol. The molecular formula is C12H17F2N3O3S. The Balaban J connectivity index is 2.75. The van der Waals surface area contributed by atoms with Gasteiger partial charge in [-0.15, -0.1) is 0 Å². The van der Waals surface area contributed by atoms with Gasteiger partial charge in [0.25, 0.3) is 6.43 Å². The van der Waals surface area contributed by atoms with Crippen LogP contribution >= 0.6 is 0 Å². The molecule has 21 heavy (non-hydrogen) atoms. The maximum Gasteiger partial charge on any atom is 0.251 e. The van der Waals surface area contributed by atoms with Gasteiger partial charge in [0, 0.05) is 12.1 Å². The van der Waals surface area contributed by atoms with Crippen molar-refractivity contribution < 1.29 is 22.4 Å². The molecule has 0 aliphatic carbocycles. The lowest BCUT2D eigenvalue weighted by Gasteiger charge is -2.15. The standard InChI is InChI=1S/C12H17F2N3O3S/c1-17(8-11(13)14)6-7-21(19,20)10-4-2-9(3-5-10)12(15)16-18/h2-5,11,18H,6-8H2,1H3,(H2,15,16). The molecule has 6 nitrogen and oxygen atoms in total. The van der Waals surface area contributed by atoms with Crippen molar-refractivity contribution in [3.05, 3.63) is 29.8 Å². The summed E-state index contributed by atoms with van der Waals surface area (Å²) in [4.78, 5) is 1.31. The summed E-state index contributed by atoms with van der Waals surface area (Å²) >= 11 is 0. The first-order valence-corrected chi connectivity index (χ1v) is 7.69. The Labute approximate surface area is 121 Å². The summed E-state index contributed by atoms with van der Waals surface area (Å²) in [6.07, 6.45) is -2.50. The van der Waals surface area contributed by atoms with E-state index in [-0.39, 0.29) is 23.0 Å². The second-order valence-electron chi connectivity index (χ2n) is 4.48. The fourth-order valence-electron chi connectivity index (χ4n) is 1.61. The summed E-state index contributed by atoms with van der Waals surface area (Å²) in [5.41, 5.74) is 5.75. The highest BCUT2D eigenvalue weighted by molar-refractivity contribution is 7.91. The Hall–Kier alpha value is -1.74. The van der Waals surface area contributed by atoms with E-state index >= 15 is 0 Å². The monoisotopic (exact) mass is 321 g/mol. The molecule has 0 atom stereocenters. The summed E-state index contributed by atoms with van der Waals surface area (Å²) in [6.45, 7) is -0.466. The molecule has 0 unspecified atom stereocenters. The highest BCUT2D eigenvalue weighted by atomic mass is 32.2. The predicted molar refractivity (Wildman–Crippen MR) is 74.5 cm³/mol. The summed E-state index contributed by atoms with van der Waals surface area (Å²) in [7, 11) is -2.14. The fraction of sp³-hybridized carbons (Fsp3) is 0.417. The first-order valence-electron chi connectivity index (χ1n) is 6.03. The van der Waals surface area contributed by atoms with Gasteiger partial charge in [-0.25, -0.2) is 17.2 Å². The van der Waals surface area contributed by atoms with E-state index in [0.717, 1.165) is 0 Å². The van der Waals surface area contributed by atoms with Crippen molar-refractivity contribution >= 4 is 15.7 Å². The summed E-state index contributed by atoms with van der Waals surface area (Å²) in [5, 5.41) is 11.3. The summed E-state index contributed by atoms with van der Waals surface area (Å²) < 4.78 is 48.4. The van der Waals surface area contributed by atoms with Crippen molar-refractivity contribution in [1.29, 1.82) is 0 Å². The highest BCUT2D eigenvalue weighted by Gasteiger charge is 2.17. The minimum atomic E-state index is -3.57. The number of rotatable bonds is 7. The number of nitrogens with zero attached hydrogens (tertiary/aromatic N) is 2. The van der Waals surface area contributed by atoms with Crippen molar-refractivity contribution in [2.75, 3.05) is 25.9 Å². The SMILES string of the molecule is CN(CCS(=O)(=O)c1ccc(/C(N)=N/O)cc1)CC(F)F. The molecule has 0 saturated heterocycles. The van der Waals surface area contributed by atoms with Gasteiger partial charge in [-0.1, -0.05) is 5.16 Å². The van der Waals surface area contributed by atoms with E-state index in [2.05, 4.69) is 5.16 Å². The second kappa shape index (κ2) is 7.32. The quantitative estimate of drug-likeness (QED) is 0.334. The van der Waals surface area contributed by atoms with Crippen LogP contribution < -0.4 is 5.73 Å². The zero-order valence-corrected chi connectivity index (χ0v) is 12.2. The molecule has 0 aliphatic rings. The zero-order valence-electron chi connectivity index (χ0n) is 11.4. The van der Waals surface area contributed by atoms with Gasteiger partial charge in [-0.3, -0.25) is 4.90 Å². The summed E-state index contributed by atoms with van der Waals surface area (Å²) in [6, 6.07) is 5.47. The Morgan fingerprint density at radius 2 is 1.95 bits per heavy atom. The molecule has 1 aromatic rings. The number of hydrogen-bond donors (Lipinski definition) is 2. The van der Waals surface area contributed by atoms with Gasteiger partial charge in [0.05, 0.1) is 17.2 Å². The Morgan fingerprint density at radius 3 is 2.43 bits per heavy atom. The number of benzene rings is 1. The number of alkyl halides is 2. The van der Waals surface area contributed by atoms with Crippen molar-refractivity contribution in [1.82, 2.24) is 4.90 Å². The van der Waals surface area contributed by atoms with Crippen LogP contribution in [-0.2, 0) is 9.84 Å². The number of oxime groups is 1. The van der Waals surface area contributed by atoms with E-state index in [4.69, 9.17) is 10.9 Å². The Kier molecular flexibility index (Phi) is 6.03. The van der Waals surface area contributed by atoms with E-state index in [9.17, 15) is 17.2 Å². The molecule has 1 aromatic carbocycles. The molecule has 0 fully saturated rings. The van der Waals surface area contributed by atoms with Crippen LogP contribution in [0.1, 0.15) is 5.56 Å². The minimum Gasteiger partial charge on any atom is -0.409 e. The third-order valence-electron chi connectivity index (χ3n) is 2.81. The highest BCUT2D eigenvalue weighted by Crippen LogP contribution is 2.13. The van der Waals surface area contributed by atoms with Gasteiger partial charge in [0.1, 0.15) is 0 Å². The number of nitrogens with two attached hydrogens (primary N) is 1. The fourth-order valence-corrected chi connectivity index (χ4v) is 2.95. The minimum absolute atomic E-state index is 0.00859. The first kappa shape index (κ1) is 17.3. The van der Waals surface area contributed by atoms with Crippen LogP contribution in [0.15, 0.2) is 34.3 Å². The van der Waals surface area contributed by atoms with Gasteiger partial charge in [0.2, 0.25) is 0 Å². The molecule has 0 aromatic heterocycles. The van der Waals surface area contributed by atoms with Crippen molar-refractivity contribution in [2.45, 2.75) is 11.3 Å². The molecule has 0 aliphatic heterocycles. The first-order chi connectivity index (χ1) is 9.76. The second-order valence-corrected chi connectivity index (χ2v) is 6.59. The van der Waals surface area contributed by atoms with E-state index in [0.29, 0.717) is 5.56 Å². The smallest absolute Gasteiger partial charge is 0.251 e. The van der Waals surface area contributed by atoms with Crippen LogP contribution in [0.5, 0.6) is 0 Å². The van der Waals surface area contributed by atoms with Crippen molar-refractivity contribution in [3.63, 3.8) is 0 Å². The Bertz CT molecular complexity index is 588. The number of halogens is 2. The predicted octanol–water partition coefficient (Wildman–Crippen LogP) is 0.752. The average molecular weight is 321 g/mol. The van der Waals surface area contributed by atoms with Gasteiger partial charge in [0.15, 0.2) is 15.7 Å². The van der Waals surface area contributed by atoms with Crippen molar-refractivity contribution in [3.8, 4) is 0 Å². The zero-order chi connectivity index (χ0) is 16.0. The van der Waals surface area contributed by atoms with Crippen molar-refractivity contribution in [2.24, 2.45) is 10.9 Å². The van der Waals surface area contributed by atoms with Gasteiger partial charge in [-0.2, -0.15) is 0 Å². The van der Waals surface area contributed by atoms with Gasteiger partial charge < -0.3 is 10.9 Å². The van der Waals surface area contributed by atoms with E-state index in [1.165, 1.54) is 36.2 Å². The number of sulfone groups is 1. The van der Waals surface area contributed by atoms with Crippen LogP contribution in [0.2, 0.25) is 0 Å². The molecule has 0 spiro atoms. The van der Waals surface area contributed by atoms with Crippen LogP contribution in [0.4, 0.5) is 8.78 Å². The molecule has 118 valence electrons. The lowest BCUT2D eigenvalue weighted by Crippen LogP contribution is -2.30. The topological polar surface area (TPSA) is 96.0 Å². The normalized spacial score (nSPS) is 13.1. The third kappa shape index (κ3) is 5.27. The molecule has 0 radical (unpaired) electrons. The number of hydrogen-bond acceptors (Lipinski definition) is 5. The molecule has 0 heterocycles. The lowest BCUT2D eigenvalue weighted by atomic mass is 10.2. The largest absolute Gasteiger partial charge is 0.409 e. The third-order valence-corrected chi connectivity index (χ3v) is 4.52. The van der Waals surface area contributed by atoms with E-state index < -0.39 is 22.8 Å². The van der Waals surface area contributed by atoms with Crippen LogP contribution in [0.3, 0.4) is 0 Å². The van der Waals surface area contributed by atoms with Crippen LogP contribution in [0, 0.1) is 0 Å². The lowest BCUT2D eigenvalue weighted by molar-refractivity contribution is 0.103. The maximum atomic E-state index is 12.1. The average Bonchev–Trinajstić information content (AvgIpc) is 2.44. The van der Waals surface area contributed by atoms with Gasteiger partial charge >= 0.3 is 0 Å². The molecule has 3 N–H and O–H groups in total. The molecule has 0 saturated carbocycles. The van der Waals surface area contributed by atoms with E-state index in [1.807, 2.05) is 0 Å². The van der Waals surface area contributed by atoms with Crippen LogP contribution in [-0.4, -0.2) is 56.7 Å². The van der Waals surface area contributed by atoms with Crippen LogP contribution in [0.25, 0.3) is 0 Å². The molecule has 0 amide bonds.